The molecule has 2 amide bonds. The average molecular weight is 667 g/mol. The summed E-state index contributed by atoms with van der Waals surface area (Å²) in [6, 6.07) is 13.7. The largest absolute Gasteiger partial charge is 0.494 e. The van der Waals surface area contributed by atoms with E-state index in [1.807, 2.05) is 4.90 Å². The number of benzene rings is 3. The molecule has 0 saturated carbocycles. The second kappa shape index (κ2) is 14.7. The molecule has 0 bridgehead atoms. The Morgan fingerprint density at radius 2 is 1.54 bits per heavy atom. The molecule has 2 heterocycles. The highest BCUT2D eigenvalue weighted by Crippen LogP contribution is 2.30. The van der Waals surface area contributed by atoms with Crippen molar-refractivity contribution in [1.82, 2.24) is 24.0 Å². The number of ether oxygens (including phenoxy) is 1. The van der Waals surface area contributed by atoms with E-state index in [0.717, 1.165) is 23.7 Å². The summed E-state index contributed by atoms with van der Waals surface area (Å²) < 4.78 is 53.2. The Morgan fingerprint density at radius 1 is 0.938 bits per heavy atom. The number of carbonyl (C=O) groups is 2. The molecule has 3 N–H and O–H groups in total. The first-order valence-corrected chi connectivity index (χ1v) is 14.4. The molecule has 0 saturated heterocycles. The van der Waals surface area contributed by atoms with Crippen LogP contribution in [0.4, 0.5) is 23.7 Å². The van der Waals surface area contributed by atoms with Crippen LogP contribution in [0.5, 0.6) is 5.75 Å². The van der Waals surface area contributed by atoms with Gasteiger partial charge in [0.15, 0.2) is 11.6 Å². The molecule has 3 aromatic carbocycles. The van der Waals surface area contributed by atoms with Crippen molar-refractivity contribution in [2.45, 2.75) is 20.0 Å². The number of nitrogens with one attached hydrogen (secondary N) is 2. The minimum atomic E-state index is -1.03. The normalized spacial score (nSPS) is 10.9. The number of fused-ring (bicyclic) bond motifs is 1. The summed E-state index contributed by atoms with van der Waals surface area (Å²) in [7, 11) is 6.31. The predicted molar refractivity (Wildman–Crippen MR) is 173 cm³/mol. The molecule has 0 fully saturated rings. The highest BCUT2D eigenvalue weighted by Gasteiger charge is 2.25. The van der Waals surface area contributed by atoms with Crippen molar-refractivity contribution in [2.24, 2.45) is 0 Å². The Labute approximate surface area is 272 Å². The number of hydrogen-bond donors (Lipinski definition) is 3. The number of anilines is 1. The smallest absolute Gasteiger partial charge is 0.351 e. The molecule has 0 spiro atoms. The van der Waals surface area contributed by atoms with Gasteiger partial charge in [-0.1, -0.05) is 24.3 Å². The lowest BCUT2D eigenvalue weighted by Crippen LogP contribution is -2.43. The minimum Gasteiger partial charge on any atom is -0.494 e. The number of carbonyl (C=O) groups excluding carboxylic acids is 1. The number of carboxylic acids is 1. The number of halogens is 3. The number of nitrogens with zero attached hydrogens (tertiary/aromatic N) is 4. The highest BCUT2D eigenvalue weighted by atomic mass is 19.1. The van der Waals surface area contributed by atoms with Crippen LogP contribution in [0.15, 0.2) is 76.4 Å². The average Bonchev–Trinajstić information content (AvgIpc) is 3.39. The molecule has 0 unspecified atom stereocenters. The molecule has 252 valence electrons. The van der Waals surface area contributed by atoms with Gasteiger partial charge in [0.05, 0.1) is 19.3 Å². The monoisotopic (exact) mass is 666 g/mol. The van der Waals surface area contributed by atoms with Crippen molar-refractivity contribution in [2.75, 3.05) is 33.6 Å². The Balaban J connectivity index is 0.00000123. The minimum absolute atomic E-state index is 0.000158. The summed E-state index contributed by atoms with van der Waals surface area (Å²) in [5, 5.41) is 12.6. The van der Waals surface area contributed by atoms with Gasteiger partial charge >= 0.3 is 11.7 Å². The van der Waals surface area contributed by atoms with Crippen LogP contribution in [0.1, 0.15) is 18.1 Å². The zero-order valence-corrected chi connectivity index (χ0v) is 26.7. The molecule has 5 aromatic rings. The molecule has 48 heavy (non-hydrogen) atoms. The lowest BCUT2D eigenvalue weighted by atomic mass is 10.0. The maximum absolute atomic E-state index is 15.5. The van der Waals surface area contributed by atoms with Gasteiger partial charge in [-0.15, -0.1) is 0 Å². The molecule has 0 aliphatic rings. The summed E-state index contributed by atoms with van der Waals surface area (Å²) in [5.41, 5.74) is -0.515. The fourth-order valence-corrected chi connectivity index (χ4v) is 5.02. The van der Waals surface area contributed by atoms with E-state index in [4.69, 9.17) is 14.6 Å². The third-order valence-electron chi connectivity index (χ3n) is 7.10. The maximum Gasteiger partial charge on any atom is 0.351 e. The van der Waals surface area contributed by atoms with Gasteiger partial charge in [0.2, 0.25) is 0 Å². The number of rotatable bonds is 8. The number of aliphatic carboxylic acids is 1. The third kappa shape index (κ3) is 7.25. The van der Waals surface area contributed by atoms with Crippen molar-refractivity contribution < 1.29 is 32.6 Å². The Hall–Kier alpha value is -5.83. The topological polar surface area (TPSA) is 139 Å². The summed E-state index contributed by atoms with van der Waals surface area (Å²) in [6.07, 6.45) is 1.53. The van der Waals surface area contributed by atoms with Gasteiger partial charge in [0, 0.05) is 49.1 Å². The first kappa shape index (κ1) is 35.0. The van der Waals surface area contributed by atoms with E-state index in [2.05, 4.69) is 10.6 Å². The quantitative estimate of drug-likeness (QED) is 0.225. The van der Waals surface area contributed by atoms with Crippen LogP contribution in [0.3, 0.4) is 0 Å². The van der Waals surface area contributed by atoms with Crippen LogP contribution < -0.4 is 26.6 Å². The summed E-state index contributed by atoms with van der Waals surface area (Å²) in [5.74, 6) is -3.77. The predicted octanol–water partition coefficient (Wildman–Crippen LogP) is 4.30. The van der Waals surface area contributed by atoms with E-state index in [1.165, 1.54) is 49.1 Å². The summed E-state index contributed by atoms with van der Waals surface area (Å²) >= 11 is 0. The van der Waals surface area contributed by atoms with Gasteiger partial charge in [-0.2, -0.15) is 0 Å². The second-order valence-corrected chi connectivity index (χ2v) is 10.7. The first-order chi connectivity index (χ1) is 22.8. The van der Waals surface area contributed by atoms with E-state index in [9.17, 15) is 23.2 Å². The molecule has 0 atom stereocenters. The Bertz CT molecular complexity index is 2080. The number of hydrogen-bond acceptors (Lipinski definition) is 6. The fraction of sp³-hybridized carbons (Fsp3) is 0.212. The molecule has 5 rings (SSSR count). The highest BCUT2D eigenvalue weighted by molar-refractivity contribution is 5.89. The van der Waals surface area contributed by atoms with E-state index in [0.29, 0.717) is 26.9 Å². The fourth-order valence-electron chi connectivity index (χ4n) is 5.02. The van der Waals surface area contributed by atoms with Crippen LogP contribution in [0.25, 0.3) is 22.3 Å². The zero-order chi connectivity index (χ0) is 35.3. The standard InChI is InChI=1S/C31H29F3N6O4.C2H4O2/c1-35-30(42)36-19-13-11-18(12-14-19)20-16-38-28(21(20)15-37(2)3)29(41)40(25-9-6-10-26(44-4)27(25)34)31(43)39(38)17-22-23(32)7-5-8-24(22)33;1-2(3)4/h5-14,16H,15,17H2,1-4H3,(H2,35,36,42);1H3,(H,3,4). The lowest BCUT2D eigenvalue weighted by Gasteiger charge is -2.17. The Morgan fingerprint density at radius 3 is 2.10 bits per heavy atom. The van der Waals surface area contributed by atoms with Crippen molar-refractivity contribution in [3.05, 3.63) is 116 Å². The van der Waals surface area contributed by atoms with E-state index in [-0.39, 0.29) is 23.5 Å². The van der Waals surface area contributed by atoms with Crippen LogP contribution >= 0.6 is 0 Å². The van der Waals surface area contributed by atoms with Gasteiger partial charge in [0.25, 0.3) is 11.5 Å². The second-order valence-electron chi connectivity index (χ2n) is 10.7. The number of methoxy groups -OCH3 is 1. The van der Waals surface area contributed by atoms with Crippen molar-refractivity contribution in [3.63, 3.8) is 0 Å². The summed E-state index contributed by atoms with van der Waals surface area (Å²) in [4.78, 5) is 50.8. The number of urea groups is 1. The van der Waals surface area contributed by atoms with Crippen LogP contribution in [-0.4, -0.2) is 64.0 Å². The number of carboxylic acid groups (broad SMARTS) is 1. The SMILES string of the molecule is CC(=O)O.CNC(=O)Nc1ccc(-c2cn3c(c2CN(C)C)c(=O)n(-c2cccc(OC)c2F)c(=O)n3Cc2c(F)cccc2F)cc1. The van der Waals surface area contributed by atoms with Gasteiger partial charge < -0.3 is 25.4 Å². The molecule has 12 nitrogen and oxygen atoms in total. The molecule has 15 heteroatoms. The molecule has 0 aliphatic carbocycles. The van der Waals surface area contributed by atoms with Crippen molar-refractivity contribution in [1.29, 1.82) is 0 Å². The van der Waals surface area contributed by atoms with Crippen molar-refractivity contribution >= 4 is 23.2 Å². The Kier molecular flexibility index (Phi) is 10.7. The van der Waals surface area contributed by atoms with E-state index in [1.54, 1.807) is 38.4 Å². The zero-order valence-electron chi connectivity index (χ0n) is 26.7. The first-order valence-electron chi connectivity index (χ1n) is 14.4. The van der Waals surface area contributed by atoms with E-state index < -0.39 is 52.8 Å². The molecular formula is C33H33F3N6O6. The van der Waals surface area contributed by atoms with Gasteiger partial charge in [0.1, 0.15) is 17.2 Å². The maximum atomic E-state index is 15.5. The summed E-state index contributed by atoms with van der Waals surface area (Å²) in [6.45, 7) is 0.691. The van der Waals surface area contributed by atoms with Crippen LogP contribution in [0, 0.1) is 17.5 Å². The third-order valence-corrected chi connectivity index (χ3v) is 7.10. The van der Waals surface area contributed by atoms with Gasteiger partial charge in [-0.3, -0.25) is 14.1 Å². The molecule has 2 aromatic heterocycles. The molecule has 0 radical (unpaired) electrons. The number of amides is 2. The number of aromatic nitrogens is 3. The van der Waals surface area contributed by atoms with E-state index >= 15 is 4.39 Å². The van der Waals surface area contributed by atoms with Crippen molar-refractivity contribution in [3.8, 4) is 22.6 Å². The molecular weight excluding hydrogens is 633 g/mol. The molecule has 0 aliphatic heterocycles. The van der Waals surface area contributed by atoms with Gasteiger partial charge in [-0.25, -0.2) is 32.0 Å². The van der Waals surface area contributed by atoms with Crippen LogP contribution in [-0.2, 0) is 17.9 Å². The van der Waals surface area contributed by atoms with Crippen LogP contribution in [0.2, 0.25) is 0 Å². The lowest BCUT2D eigenvalue weighted by molar-refractivity contribution is -0.134. The van der Waals surface area contributed by atoms with Gasteiger partial charge in [-0.05, 0) is 56.1 Å².